The largest absolute Gasteiger partial charge is 0.493 e. The molecule has 1 aromatic heterocycles. The molecule has 9 heteroatoms. The molecule has 0 saturated carbocycles. The van der Waals surface area contributed by atoms with Gasteiger partial charge in [-0.15, -0.1) is 10.2 Å². The number of amides is 1. The standard InChI is InChI=1S/C19H20ClN5O3/c1-12(14-6-9-16(27-2)17(10-14)28-3)21-18(26)11-25-23-19(22-24-25)13-4-7-15(20)8-5-13/h4-10,12H,11H2,1-3H3,(H,21,26). The van der Waals surface area contributed by atoms with E-state index in [2.05, 4.69) is 20.7 Å². The van der Waals surface area contributed by atoms with Crippen molar-refractivity contribution in [3.05, 3.63) is 53.1 Å². The fraction of sp³-hybridized carbons (Fsp3) is 0.263. The first kappa shape index (κ1) is 19.6. The van der Waals surface area contributed by atoms with E-state index >= 15 is 0 Å². The van der Waals surface area contributed by atoms with Crippen LogP contribution in [-0.4, -0.2) is 40.3 Å². The van der Waals surface area contributed by atoms with Crippen LogP contribution in [0, 0.1) is 0 Å². The molecular formula is C19H20ClN5O3. The van der Waals surface area contributed by atoms with E-state index in [1.165, 1.54) is 4.80 Å². The van der Waals surface area contributed by atoms with Crippen LogP contribution in [0.1, 0.15) is 18.5 Å². The number of rotatable bonds is 7. The van der Waals surface area contributed by atoms with E-state index in [0.29, 0.717) is 22.3 Å². The van der Waals surface area contributed by atoms with E-state index in [-0.39, 0.29) is 18.5 Å². The molecule has 1 heterocycles. The molecule has 0 fully saturated rings. The molecule has 1 N–H and O–H groups in total. The van der Waals surface area contributed by atoms with Gasteiger partial charge in [0.2, 0.25) is 11.7 Å². The van der Waals surface area contributed by atoms with Crippen LogP contribution in [-0.2, 0) is 11.3 Å². The Kier molecular flexibility index (Phi) is 6.10. The Morgan fingerprint density at radius 2 is 1.86 bits per heavy atom. The Morgan fingerprint density at radius 3 is 2.54 bits per heavy atom. The molecule has 3 rings (SSSR count). The molecule has 1 unspecified atom stereocenters. The first-order chi connectivity index (χ1) is 13.5. The predicted octanol–water partition coefficient (Wildman–Crippen LogP) is 2.89. The zero-order valence-corrected chi connectivity index (χ0v) is 16.5. The van der Waals surface area contributed by atoms with Crippen LogP contribution in [0.4, 0.5) is 0 Å². The molecule has 146 valence electrons. The fourth-order valence-corrected chi connectivity index (χ4v) is 2.77. The second kappa shape index (κ2) is 8.71. The van der Waals surface area contributed by atoms with Gasteiger partial charge in [-0.25, -0.2) is 0 Å². The van der Waals surface area contributed by atoms with Gasteiger partial charge >= 0.3 is 0 Å². The number of tetrazole rings is 1. The number of halogens is 1. The zero-order chi connectivity index (χ0) is 20.1. The van der Waals surface area contributed by atoms with Crippen molar-refractivity contribution in [2.24, 2.45) is 0 Å². The number of nitrogens with one attached hydrogen (secondary N) is 1. The topological polar surface area (TPSA) is 91.2 Å². The summed E-state index contributed by atoms with van der Waals surface area (Å²) < 4.78 is 10.5. The molecule has 0 spiro atoms. The van der Waals surface area contributed by atoms with Gasteiger partial charge in [-0.05, 0) is 54.1 Å². The molecule has 0 aliphatic carbocycles. The highest BCUT2D eigenvalue weighted by Crippen LogP contribution is 2.29. The van der Waals surface area contributed by atoms with Crippen molar-refractivity contribution in [3.63, 3.8) is 0 Å². The molecule has 2 aromatic carbocycles. The highest BCUT2D eigenvalue weighted by Gasteiger charge is 2.14. The highest BCUT2D eigenvalue weighted by atomic mass is 35.5. The summed E-state index contributed by atoms with van der Waals surface area (Å²) in [5, 5.41) is 15.7. The lowest BCUT2D eigenvalue weighted by Gasteiger charge is -2.16. The Bertz CT molecular complexity index is 958. The van der Waals surface area contributed by atoms with Crippen LogP contribution in [0.2, 0.25) is 5.02 Å². The van der Waals surface area contributed by atoms with Crippen LogP contribution in [0.25, 0.3) is 11.4 Å². The average Bonchev–Trinajstić information content (AvgIpc) is 3.16. The van der Waals surface area contributed by atoms with E-state index < -0.39 is 0 Å². The second-order valence-corrected chi connectivity index (χ2v) is 6.49. The van der Waals surface area contributed by atoms with Crippen LogP contribution in [0.5, 0.6) is 11.5 Å². The van der Waals surface area contributed by atoms with Crippen LogP contribution in [0.3, 0.4) is 0 Å². The first-order valence-corrected chi connectivity index (χ1v) is 8.93. The van der Waals surface area contributed by atoms with Gasteiger partial charge in [-0.2, -0.15) is 4.80 Å². The van der Waals surface area contributed by atoms with Crippen molar-refractivity contribution in [1.82, 2.24) is 25.5 Å². The summed E-state index contributed by atoms with van der Waals surface area (Å²) in [4.78, 5) is 13.6. The van der Waals surface area contributed by atoms with Gasteiger partial charge in [-0.3, -0.25) is 4.79 Å². The van der Waals surface area contributed by atoms with Crippen molar-refractivity contribution < 1.29 is 14.3 Å². The molecule has 0 aliphatic rings. The average molecular weight is 402 g/mol. The van der Waals surface area contributed by atoms with Crippen molar-refractivity contribution >= 4 is 17.5 Å². The number of nitrogens with zero attached hydrogens (tertiary/aromatic N) is 4. The smallest absolute Gasteiger partial charge is 0.244 e. The van der Waals surface area contributed by atoms with E-state index in [4.69, 9.17) is 21.1 Å². The number of methoxy groups -OCH3 is 2. The second-order valence-electron chi connectivity index (χ2n) is 6.05. The predicted molar refractivity (Wildman–Crippen MR) is 104 cm³/mol. The Labute approximate surface area is 167 Å². The normalized spacial score (nSPS) is 11.7. The maximum absolute atomic E-state index is 12.4. The molecule has 3 aromatic rings. The van der Waals surface area contributed by atoms with E-state index in [9.17, 15) is 4.79 Å². The van der Waals surface area contributed by atoms with Crippen molar-refractivity contribution in [2.45, 2.75) is 19.5 Å². The maximum Gasteiger partial charge on any atom is 0.244 e. The highest BCUT2D eigenvalue weighted by molar-refractivity contribution is 6.30. The minimum Gasteiger partial charge on any atom is -0.493 e. The van der Waals surface area contributed by atoms with Crippen molar-refractivity contribution in [3.8, 4) is 22.9 Å². The lowest BCUT2D eigenvalue weighted by Crippen LogP contribution is -2.30. The monoisotopic (exact) mass is 401 g/mol. The summed E-state index contributed by atoms with van der Waals surface area (Å²) in [6.07, 6.45) is 0. The number of ether oxygens (including phenoxy) is 2. The maximum atomic E-state index is 12.4. The molecule has 8 nitrogen and oxygen atoms in total. The number of carbonyl (C=O) groups excluding carboxylic acids is 1. The van der Waals surface area contributed by atoms with Crippen LogP contribution < -0.4 is 14.8 Å². The molecule has 0 aliphatic heterocycles. The number of benzene rings is 2. The molecule has 0 saturated heterocycles. The summed E-state index contributed by atoms with van der Waals surface area (Å²) >= 11 is 5.88. The van der Waals surface area contributed by atoms with Crippen LogP contribution in [0.15, 0.2) is 42.5 Å². The van der Waals surface area contributed by atoms with Crippen LogP contribution >= 0.6 is 11.6 Å². The third kappa shape index (κ3) is 4.58. The molecular weight excluding hydrogens is 382 g/mol. The first-order valence-electron chi connectivity index (χ1n) is 8.55. The summed E-state index contributed by atoms with van der Waals surface area (Å²) in [6.45, 7) is 1.84. The van der Waals surface area contributed by atoms with E-state index in [0.717, 1.165) is 11.1 Å². The molecule has 0 bridgehead atoms. The van der Waals surface area contributed by atoms with Gasteiger partial charge in [0, 0.05) is 10.6 Å². The minimum atomic E-state index is -0.234. The lowest BCUT2D eigenvalue weighted by atomic mass is 10.1. The summed E-state index contributed by atoms with van der Waals surface area (Å²) in [5.74, 6) is 1.43. The molecule has 1 amide bonds. The van der Waals surface area contributed by atoms with Crippen molar-refractivity contribution in [2.75, 3.05) is 14.2 Å². The molecule has 1 atom stereocenters. The Balaban J connectivity index is 1.63. The van der Waals surface area contributed by atoms with Gasteiger partial charge in [0.15, 0.2) is 11.5 Å². The van der Waals surface area contributed by atoms with Gasteiger partial charge in [0.05, 0.1) is 20.3 Å². The minimum absolute atomic E-state index is 0.0434. The third-order valence-electron chi connectivity index (χ3n) is 4.13. The van der Waals surface area contributed by atoms with E-state index in [1.807, 2.05) is 19.1 Å². The van der Waals surface area contributed by atoms with Gasteiger partial charge in [-0.1, -0.05) is 17.7 Å². The summed E-state index contributed by atoms with van der Waals surface area (Å²) in [7, 11) is 3.14. The summed E-state index contributed by atoms with van der Waals surface area (Å²) in [6, 6.07) is 12.4. The Hall–Kier alpha value is -3.13. The number of aromatic nitrogens is 4. The van der Waals surface area contributed by atoms with E-state index in [1.54, 1.807) is 44.6 Å². The quantitative estimate of drug-likeness (QED) is 0.654. The third-order valence-corrected chi connectivity index (χ3v) is 4.38. The number of hydrogen-bond acceptors (Lipinski definition) is 6. The van der Waals surface area contributed by atoms with Crippen molar-refractivity contribution in [1.29, 1.82) is 0 Å². The van der Waals surface area contributed by atoms with Gasteiger partial charge in [0.1, 0.15) is 6.54 Å². The number of hydrogen-bond donors (Lipinski definition) is 1. The number of carbonyl (C=O) groups is 1. The SMILES string of the molecule is COc1ccc(C(C)NC(=O)Cn2nnc(-c3ccc(Cl)cc3)n2)cc1OC. The lowest BCUT2D eigenvalue weighted by molar-refractivity contribution is -0.122. The summed E-state index contributed by atoms with van der Waals surface area (Å²) in [5.41, 5.74) is 1.66. The molecule has 28 heavy (non-hydrogen) atoms. The Morgan fingerprint density at radius 1 is 1.14 bits per heavy atom. The van der Waals surface area contributed by atoms with Gasteiger partial charge < -0.3 is 14.8 Å². The van der Waals surface area contributed by atoms with Gasteiger partial charge in [0.25, 0.3) is 0 Å². The zero-order valence-electron chi connectivity index (χ0n) is 15.7. The molecule has 0 radical (unpaired) electrons. The fourth-order valence-electron chi connectivity index (χ4n) is 2.65.